The van der Waals surface area contributed by atoms with E-state index in [9.17, 15) is 0 Å². The number of methoxy groups -OCH3 is 1. The molecule has 98 valence electrons. The number of aryl methyl sites for hydroxylation is 1. The standard InChI is InChI=1S/C14H16N4O/c1-3-18-14(15-10-16-18)9-17-8-7-11-12(17)5-4-6-13(11)19-2/h4-8,10H,3,9H2,1-2H3. The first kappa shape index (κ1) is 11.8. The molecule has 3 aromatic rings. The van der Waals surface area contributed by atoms with Gasteiger partial charge >= 0.3 is 0 Å². The molecule has 0 amide bonds. The van der Waals surface area contributed by atoms with Crippen LogP contribution in [0, 0.1) is 0 Å². The predicted molar refractivity (Wildman–Crippen MR) is 73.3 cm³/mol. The molecule has 0 spiro atoms. The van der Waals surface area contributed by atoms with Gasteiger partial charge in [-0.2, -0.15) is 5.10 Å². The lowest BCUT2D eigenvalue weighted by molar-refractivity contribution is 0.420. The van der Waals surface area contributed by atoms with Gasteiger partial charge in [0.1, 0.15) is 17.9 Å². The van der Waals surface area contributed by atoms with Gasteiger partial charge < -0.3 is 9.30 Å². The van der Waals surface area contributed by atoms with Gasteiger partial charge in [0.15, 0.2) is 0 Å². The number of hydrogen-bond acceptors (Lipinski definition) is 3. The van der Waals surface area contributed by atoms with Crippen LogP contribution >= 0.6 is 0 Å². The van der Waals surface area contributed by atoms with Crippen molar-refractivity contribution in [3.63, 3.8) is 0 Å². The minimum atomic E-state index is 0.713. The first-order valence-electron chi connectivity index (χ1n) is 6.32. The summed E-state index contributed by atoms with van der Waals surface area (Å²) >= 11 is 0. The molecule has 0 atom stereocenters. The van der Waals surface area contributed by atoms with E-state index in [0.29, 0.717) is 6.54 Å². The van der Waals surface area contributed by atoms with E-state index in [1.807, 2.05) is 16.8 Å². The Hall–Kier alpha value is -2.30. The molecule has 0 aliphatic carbocycles. The Morgan fingerprint density at radius 1 is 1.26 bits per heavy atom. The lowest BCUT2D eigenvalue weighted by atomic mass is 10.2. The van der Waals surface area contributed by atoms with Crippen LogP contribution in [-0.4, -0.2) is 26.4 Å². The monoisotopic (exact) mass is 256 g/mol. The van der Waals surface area contributed by atoms with E-state index >= 15 is 0 Å². The van der Waals surface area contributed by atoms with Crippen molar-refractivity contribution in [3.05, 3.63) is 42.6 Å². The summed E-state index contributed by atoms with van der Waals surface area (Å²) in [6.45, 7) is 3.61. The number of fused-ring (bicyclic) bond motifs is 1. The highest BCUT2D eigenvalue weighted by atomic mass is 16.5. The fourth-order valence-electron chi connectivity index (χ4n) is 2.34. The topological polar surface area (TPSA) is 44.9 Å². The van der Waals surface area contributed by atoms with E-state index < -0.39 is 0 Å². The number of benzene rings is 1. The Balaban J connectivity index is 2.02. The Kier molecular flexibility index (Phi) is 2.95. The van der Waals surface area contributed by atoms with Crippen molar-refractivity contribution < 1.29 is 4.74 Å². The smallest absolute Gasteiger partial charge is 0.146 e. The van der Waals surface area contributed by atoms with Crippen molar-refractivity contribution in [2.45, 2.75) is 20.0 Å². The molecule has 0 bridgehead atoms. The minimum absolute atomic E-state index is 0.713. The van der Waals surface area contributed by atoms with Crippen molar-refractivity contribution in [1.29, 1.82) is 0 Å². The molecule has 0 unspecified atom stereocenters. The second kappa shape index (κ2) is 4.76. The van der Waals surface area contributed by atoms with Gasteiger partial charge in [0.25, 0.3) is 0 Å². The molecular formula is C14H16N4O. The summed E-state index contributed by atoms with van der Waals surface area (Å²) in [7, 11) is 1.69. The summed E-state index contributed by atoms with van der Waals surface area (Å²) in [5.74, 6) is 1.86. The number of ether oxygens (including phenoxy) is 1. The van der Waals surface area contributed by atoms with Crippen LogP contribution in [-0.2, 0) is 13.1 Å². The summed E-state index contributed by atoms with van der Waals surface area (Å²) in [6, 6.07) is 8.13. The Labute approximate surface area is 111 Å². The maximum absolute atomic E-state index is 5.37. The fraction of sp³-hybridized carbons (Fsp3) is 0.286. The van der Waals surface area contributed by atoms with Crippen LogP contribution in [0.2, 0.25) is 0 Å². The Bertz CT molecular complexity index is 698. The van der Waals surface area contributed by atoms with Crippen molar-refractivity contribution in [1.82, 2.24) is 19.3 Å². The Morgan fingerprint density at radius 3 is 2.95 bits per heavy atom. The lowest BCUT2D eigenvalue weighted by Gasteiger charge is -2.07. The van der Waals surface area contributed by atoms with Gasteiger partial charge in [-0.3, -0.25) is 0 Å². The van der Waals surface area contributed by atoms with E-state index in [1.165, 1.54) is 0 Å². The maximum Gasteiger partial charge on any atom is 0.146 e. The predicted octanol–water partition coefficient (Wildman–Crippen LogP) is 2.31. The maximum atomic E-state index is 5.37. The van der Waals surface area contributed by atoms with Crippen LogP contribution < -0.4 is 4.74 Å². The second-order valence-electron chi connectivity index (χ2n) is 4.33. The quantitative estimate of drug-likeness (QED) is 0.719. The fourth-order valence-corrected chi connectivity index (χ4v) is 2.34. The average molecular weight is 256 g/mol. The molecule has 0 aliphatic rings. The molecule has 0 saturated carbocycles. The number of hydrogen-bond donors (Lipinski definition) is 0. The first-order valence-corrected chi connectivity index (χ1v) is 6.32. The molecule has 1 aromatic carbocycles. The van der Waals surface area contributed by atoms with Gasteiger partial charge in [-0.15, -0.1) is 0 Å². The molecule has 5 nitrogen and oxygen atoms in total. The molecule has 5 heteroatoms. The summed E-state index contributed by atoms with van der Waals surface area (Å²) in [6.07, 6.45) is 3.66. The van der Waals surface area contributed by atoms with E-state index in [2.05, 4.69) is 39.9 Å². The zero-order valence-corrected chi connectivity index (χ0v) is 11.1. The average Bonchev–Trinajstić information content (AvgIpc) is 3.06. The molecule has 0 aliphatic heterocycles. The van der Waals surface area contributed by atoms with Crippen molar-refractivity contribution in [2.24, 2.45) is 0 Å². The van der Waals surface area contributed by atoms with Crippen molar-refractivity contribution in [3.8, 4) is 5.75 Å². The van der Waals surface area contributed by atoms with Crippen LogP contribution in [0.3, 0.4) is 0 Å². The highest BCUT2D eigenvalue weighted by Crippen LogP contribution is 2.26. The van der Waals surface area contributed by atoms with Gasteiger partial charge in [0.2, 0.25) is 0 Å². The molecular weight excluding hydrogens is 240 g/mol. The molecule has 19 heavy (non-hydrogen) atoms. The SMILES string of the molecule is CCn1ncnc1Cn1ccc2c(OC)cccc21. The van der Waals surface area contributed by atoms with Gasteiger partial charge in [-0.05, 0) is 25.1 Å². The highest BCUT2D eigenvalue weighted by Gasteiger charge is 2.08. The summed E-state index contributed by atoms with van der Waals surface area (Å²) in [4.78, 5) is 4.31. The number of aromatic nitrogens is 4. The van der Waals surface area contributed by atoms with Crippen molar-refractivity contribution >= 4 is 10.9 Å². The minimum Gasteiger partial charge on any atom is -0.496 e. The van der Waals surface area contributed by atoms with Gasteiger partial charge in [0, 0.05) is 18.1 Å². The molecule has 3 rings (SSSR count). The van der Waals surface area contributed by atoms with Crippen molar-refractivity contribution in [2.75, 3.05) is 7.11 Å². The molecule has 0 N–H and O–H groups in total. The summed E-state index contributed by atoms with van der Waals surface area (Å²) in [5, 5.41) is 5.31. The van der Waals surface area contributed by atoms with Gasteiger partial charge in [0.05, 0.1) is 19.2 Å². The third kappa shape index (κ3) is 1.97. The highest BCUT2D eigenvalue weighted by molar-refractivity contribution is 5.86. The summed E-state index contributed by atoms with van der Waals surface area (Å²) in [5.41, 5.74) is 1.14. The van der Waals surface area contributed by atoms with Gasteiger partial charge in [-0.25, -0.2) is 9.67 Å². The van der Waals surface area contributed by atoms with E-state index in [4.69, 9.17) is 4.74 Å². The van der Waals surface area contributed by atoms with Gasteiger partial charge in [-0.1, -0.05) is 6.07 Å². The van der Waals surface area contributed by atoms with Crippen LogP contribution in [0.5, 0.6) is 5.75 Å². The number of rotatable bonds is 4. The third-order valence-electron chi connectivity index (χ3n) is 3.30. The zero-order valence-electron chi connectivity index (χ0n) is 11.1. The largest absolute Gasteiger partial charge is 0.496 e. The van der Waals surface area contributed by atoms with Crippen LogP contribution in [0.1, 0.15) is 12.7 Å². The van der Waals surface area contributed by atoms with Crippen LogP contribution in [0.4, 0.5) is 0 Å². The van der Waals surface area contributed by atoms with Crippen LogP contribution in [0.15, 0.2) is 36.8 Å². The first-order chi connectivity index (χ1) is 9.33. The lowest BCUT2D eigenvalue weighted by Crippen LogP contribution is -2.08. The molecule has 2 heterocycles. The third-order valence-corrected chi connectivity index (χ3v) is 3.30. The van der Waals surface area contributed by atoms with E-state index in [1.54, 1.807) is 13.4 Å². The Morgan fingerprint density at radius 2 is 2.16 bits per heavy atom. The second-order valence-corrected chi connectivity index (χ2v) is 4.33. The molecule has 0 saturated heterocycles. The van der Waals surface area contributed by atoms with Crippen LogP contribution in [0.25, 0.3) is 10.9 Å². The normalized spacial score (nSPS) is 11.1. The van der Waals surface area contributed by atoms with E-state index in [-0.39, 0.29) is 0 Å². The molecule has 0 fully saturated rings. The summed E-state index contributed by atoms with van der Waals surface area (Å²) < 4.78 is 9.44. The number of nitrogens with zero attached hydrogens (tertiary/aromatic N) is 4. The zero-order chi connectivity index (χ0) is 13.2. The molecule has 0 radical (unpaired) electrons. The van der Waals surface area contributed by atoms with E-state index in [0.717, 1.165) is 29.0 Å². The molecule has 2 aromatic heterocycles.